The molecule has 1 rings (SSSR count). The Morgan fingerprint density at radius 1 is 1.60 bits per heavy atom. The van der Waals surface area contributed by atoms with Crippen LogP contribution in [0, 0.1) is 22.7 Å². The summed E-state index contributed by atoms with van der Waals surface area (Å²) in [6, 6.07) is 1.98. The smallest absolute Gasteiger partial charge is 0.233 e. The molecule has 0 aliphatic heterocycles. The number of hydrogen-bond donors (Lipinski definition) is 2. The van der Waals surface area contributed by atoms with Gasteiger partial charge in [0.15, 0.2) is 0 Å². The third-order valence-corrected chi connectivity index (χ3v) is 2.95. The Morgan fingerprint density at radius 3 is 2.80 bits per heavy atom. The van der Waals surface area contributed by atoms with E-state index in [-0.39, 0.29) is 5.91 Å². The molecule has 1 fully saturated rings. The molecule has 0 heterocycles. The molecule has 0 aromatic heterocycles. The van der Waals surface area contributed by atoms with Crippen molar-refractivity contribution in [2.45, 2.75) is 26.7 Å². The maximum absolute atomic E-state index is 11.2. The van der Waals surface area contributed by atoms with E-state index in [0.717, 1.165) is 6.54 Å². The zero-order valence-corrected chi connectivity index (χ0v) is 9.47. The molecule has 0 radical (unpaired) electrons. The van der Waals surface area contributed by atoms with Crippen molar-refractivity contribution in [3.05, 3.63) is 0 Å². The second-order valence-corrected chi connectivity index (χ2v) is 4.78. The average Bonchev–Trinajstić information content (AvgIpc) is 2.74. The van der Waals surface area contributed by atoms with Crippen molar-refractivity contribution in [2.24, 2.45) is 11.3 Å². The Kier molecular flexibility index (Phi) is 4.10. The quantitative estimate of drug-likeness (QED) is 0.631. The van der Waals surface area contributed by atoms with Crippen molar-refractivity contribution in [3.8, 4) is 6.07 Å². The van der Waals surface area contributed by atoms with Gasteiger partial charge in [0.25, 0.3) is 0 Å². The van der Waals surface area contributed by atoms with E-state index < -0.39 is 0 Å². The molecule has 0 aromatic rings. The third-order valence-electron chi connectivity index (χ3n) is 2.95. The van der Waals surface area contributed by atoms with Crippen molar-refractivity contribution in [2.75, 3.05) is 19.6 Å². The minimum absolute atomic E-state index is 0.0243. The van der Waals surface area contributed by atoms with Crippen LogP contribution in [0.25, 0.3) is 0 Å². The van der Waals surface area contributed by atoms with Crippen molar-refractivity contribution >= 4 is 5.91 Å². The second kappa shape index (κ2) is 5.13. The zero-order valence-electron chi connectivity index (χ0n) is 9.47. The molecule has 1 amide bonds. The Labute approximate surface area is 91.0 Å². The molecule has 1 unspecified atom stereocenters. The van der Waals surface area contributed by atoms with Gasteiger partial charge in [-0.15, -0.1) is 0 Å². The molecule has 0 saturated heterocycles. The number of hydrogen-bond acceptors (Lipinski definition) is 3. The number of amides is 1. The van der Waals surface area contributed by atoms with Crippen LogP contribution in [-0.4, -0.2) is 25.5 Å². The van der Waals surface area contributed by atoms with Gasteiger partial charge < -0.3 is 10.6 Å². The van der Waals surface area contributed by atoms with Crippen LogP contribution in [0.4, 0.5) is 0 Å². The highest BCUT2D eigenvalue weighted by atomic mass is 16.1. The lowest BCUT2D eigenvalue weighted by atomic mass is 10.1. The van der Waals surface area contributed by atoms with E-state index in [1.54, 1.807) is 0 Å². The highest BCUT2D eigenvalue weighted by Crippen LogP contribution is 2.50. The van der Waals surface area contributed by atoms with E-state index in [1.165, 1.54) is 6.42 Å². The maximum atomic E-state index is 11.2. The maximum Gasteiger partial charge on any atom is 0.233 e. The van der Waals surface area contributed by atoms with E-state index in [0.29, 0.717) is 30.8 Å². The molecule has 84 valence electrons. The van der Waals surface area contributed by atoms with E-state index >= 15 is 0 Å². The van der Waals surface area contributed by atoms with Crippen LogP contribution in [0.2, 0.25) is 0 Å². The molecule has 0 aromatic carbocycles. The lowest BCUT2D eigenvalue weighted by Crippen LogP contribution is -2.35. The van der Waals surface area contributed by atoms with Gasteiger partial charge >= 0.3 is 0 Å². The second-order valence-electron chi connectivity index (χ2n) is 4.78. The molecule has 1 atom stereocenters. The fourth-order valence-electron chi connectivity index (χ4n) is 1.60. The van der Waals surface area contributed by atoms with Gasteiger partial charge in [0, 0.05) is 6.54 Å². The van der Waals surface area contributed by atoms with Crippen LogP contribution in [-0.2, 0) is 4.79 Å². The number of nitrogens with zero attached hydrogens (tertiary/aromatic N) is 1. The molecule has 0 spiro atoms. The Balaban J connectivity index is 1.96. The first-order valence-corrected chi connectivity index (χ1v) is 5.40. The molecule has 2 N–H and O–H groups in total. The summed E-state index contributed by atoms with van der Waals surface area (Å²) in [5.41, 5.74) is 0.463. The summed E-state index contributed by atoms with van der Waals surface area (Å²) < 4.78 is 0. The normalized spacial score (nSPS) is 21.8. The summed E-state index contributed by atoms with van der Waals surface area (Å²) in [4.78, 5) is 11.2. The van der Waals surface area contributed by atoms with Crippen LogP contribution >= 0.6 is 0 Å². The van der Waals surface area contributed by atoms with Crippen molar-refractivity contribution in [1.29, 1.82) is 5.26 Å². The monoisotopic (exact) mass is 209 g/mol. The van der Waals surface area contributed by atoms with Gasteiger partial charge in [0.1, 0.15) is 0 Å². The van der Waals surface area contributed by atoms with E-state index in [2.05, 4.69) is 24.5 Å². The summed E-state index contributed by atoms with van der Waals surface area (Å²) in [6.45, 7) is 6.21. The lowest BCUT2D eigenvalue weighted by molar-refractivity contribution is -0.120. The molecule has 4 nitrogen and oxygen atoms in total. The molecule has 4 heteroatoms. The topological polar surface area (TPSA) is 64.9 Å². The molecule has 0 bridgehead atoms. The lowest BCUT2D eigenvalue weighted by Gasteiger charge is -2.06. The summed E-state index contributed by atoms with van der Waals surface area (Å²) in [6.07, 6.45) is 1.62. The van der Waals surface area contributed by atoms with Gasteiger partial charge in [-0.05, 0) is 24.3 Å². The van der Waals surface area contributed by atoms with E-state index in [9.17, 15) is 4.79 Å². The van der Waals surface area contributed by atoms with Gasteiger partial charge in [-0.2, -0.15) is 5.26 Å². The first-order valence-electron chi connectivity index (χ1n) is 5.40. The summed E-state index contributed by atoms with van der Waals surface area (Å²) >= 11 is 0. The van der Waals surface area contributed by atoms with Crippen LogP contribution in [0.1, 0.15) is 26.7 Å². The van der Waals surface area contributed by atoms with Gasteiger partial charge in [-0.25, -0.2) is 0 Å². The molecule has 15 heavy (non-hydrogen) atoms. The first kappa shape index (κ1) is 12.0. The molecular formula is C11H19N3O. The predicted molar refractivity (Wildman–Crippen MR) is 58.0 cm³/mol. The minimum Gasteiger partial charge on any atom is -0.354 e. The molecule has 1 aliphatic carbocycles. The third kappa shape index (κ3) is 4.30. The summed E-state index contributed by atoms with van der Waals surface area (Å²) in [5, 5.41) is 14.1. The largest absolute Gasteiger partial charge is 0.354 e. The number of nitrogens with one attached hydrogen (secondary N) is 2. The molecular weight excluding hydrogens is 190 g/mol. The minimum atomic E-state index is -0.0243. The highest BCUT2D eigenvalue weighted by molar-refractivity contribution is 5.77. The first-order chi connectivity index (χ1) is 7.06. The fraction of sp³-hybridized carbons (Fsp3) is 0.818. The van der Waals surface area contributed by atoms with Gasteiger partial charge in [-0.3, -0.25) is 4.79 Å². The predicted octanol–water partition coefficient (Wildman–Crippen LogP) is 0.652. The van der Waals surface area contributed by atoms with Gasteiger partial charge in [0.2, 0.25) is 5.91 Å². The van der Waals surface area contributed by atoms with Crippen molar-refractivity contribution in [3.63, 3.8) is 0 Å². The van der Waals surface area contributed by atoms with Crippen LogP contribution in [0.3, 0.4) is 0 Å². The average molecular weight is 209 g/mol. The van der Waals surface area contributed by atoms with Gasteiger partial charge in [-0.1, -0.05) is 13.8 Å². The van der Waals surface area contributed by atoms with Crippen LogP contribution in [0.15, 0.2) is 0 Å². The van der Waals surface area contributed by atoms with Crippen LogP contribution < -0.4 is 10.6 Å². The number of carbonyl (C=O) groups excluding carboxylic acids is 1. The van der Waals surface area contributed by atoms with E-state index in [1.807, 2.05) is 6.07 Å². The Morgan fingerprint density at radius 2 is 2.27 bits per heavy atom. The number of nitriles is 1. The van der Waals surface area contributed by atoms with Crippen molar-refractivity contribution < 1.29 is 4.79 Å². The van der Waals surface area contributed by atoms with Gasteiger partial charge in [0.05, 0.1) is 19.0 Å². The van der Waals surface area contributed by atoms with E-state index in [4.69, 9.17) is 5.26 Å². The van der Waals surface area contributed by atoms with Crippen LogP contribution in [0.5, 0.6) is 0 Å². The molecule has 1 aliphatic rings. The standard InChI is InChI=1S/C11H19N3O/c1-11(2)6-9(11)7-13-8-10(15)14-5-3-4-12/h9,13H,3,5-8H2,1-2H3,(H,14,15). The SMILES string of the molecule is CC1(C)CC1CNCC(=O)NCCC#N. The Hall–Kier alpha value is -1.08. The molecule has 1 saturated carbocycles. The van der Waals surface area contributed by atoms with Crippen molar-refractivity contribution in [1.82, 2.24) is 10.6 Å². The number of carbonyl (C=O) groups is 1. The zero-order chi connectivity index (χ0) is 11.3. The Bertz CT molecular complexity index is 267. The highest BCUT2D eigenvalue weighted by Gasteiger charge is 2.44. The summed E-state index contributed by atoms with van der Waals surface area (Å²) in [7, 11) is 0. The summed E-state index contributed by atoms with van der Waals surface area (Å²) in [5.74, 6) is 0.688. The fourth-order valence-corrected chi connectivity index (χ4v) is 1.60. The number of rotatable bonds is 6.